The predicted molar refractivity (Wildman–Crippen MR) is 73.2 cm³/mol. The Labute approximate surface area is 104 Å². The highest BCUT2D eigenvalue weighted by molar-refractivity contribution is 5.40. The first kappa shape index (κ1) is 13.9. The highest BCUT2D eigenvalue weighted by Gasteiger charge is 2.06. The third-order valence-corrected chi connectivity index (χ3v) is 2.78. The Bertz CT molecular complexity index is 325. The molecule has 4 heteroatoms. The second kappa shape index (κ2) is 7.25. The molecule has 1 heterocycles. The number of nitrogens with zero attached hydrogens (tertiary/aromatic N) is 3. The van der Waals surface area contributed by atoms with Gasteiger partial charge in [-0.1, -0.05) is 0 Å². The van der Waals surface area contributed by atoms with Crippen molar-refractivity contribution in [3.63, 3.8) is 0 Å². The fourth-order valence-corrected chi connectivity index (χ4v) is 1.77. The first-order valence-corrected chi connectivity index (χ1v) is 6.22. The van der Waals surface area contributed by atoms with E-state index < -0.39 is 0 Å². The van der Waals surface area contributed by atoms with Crippen LogP contribution in [0.1, 0.15) is 18.9 Å². The van der Waals surface area contributed by atoms with Crippen molar-refractivity contribution in [1.82, 2.24) is 9.88 Å². The number of hydrogen-bond donors (Lipinski definition) is 1. The molecule has 0 aromatic carbocycles. The van der Waals surface area contributed by atoms with Gasteiger partial charge in [0.15, 0.2) is 0 Å². The third kappa shape index (κ3) is 4.71. The van der Waals surface area contributed by atoms with Gasteiger partial charge in [-0.25, -0.2) is 4.98 Å². The van der Waals surface area contributed by atoms with Crippen molar-refractivity contribution >= 4 is 5.82 Å². The van der Waals surface area contributed by atoms with E-state index in [-0.39, 0.29) is 0 Å². The average molecular weight is 236 g/mol. The Balaban J connectivity index is 2.59. The number of hydrogen-bond acceptors (Lipinski definition) is 4. The summed E-state index contributed by atoms with van der Waals surface area (Å²) >= 11 is 0. The molecule has 1 aromatic rings. The molecule has 0 aliphatic heterocycles. The Kier molecular flexibility index (Phi) is 5.94. The van der Waals surface area contributed by atoms with E-state index in [1.807, 2.05) is 12.3 Å². The van der Waals surface area contributed by atoms with Crippen LogP contribution in [0.5, 0.6) is 0 Å². The van der Waals surface area contributed by atoms with Gasteiger partial charge in [0.05, 0.1) is 0 Å². The van der Waals surface area contributed by atoms with E-state index in [1.165, 1.54) is 0 Å². The second-order valence-electron chi connectivity index (χ2n) is 4.46. The van der Waals surface area contributed by atoms with Gasteiger partial charge in [-0.05, 0) is 51.7 Å². The fourth-order valence-electron chi connectivity index (χ4n) is 1.77. The molecular weight excluding hydrogens is 212 g/mol. The fraction of sp³-hybridized carbons (Fsp3) is 0.615. The van der Waals surface area contributed by atoms with Crippen LogP contribution in [0.25, 0.3) is 0 Å². The second-order valence-corrected chi connectivity index (χ2v) is 4.46. The van der Waals surface area contributed by atoms with Crippen molar-refractivity contribution in [3.8, 4) is 0 Å². The molecule has 0 aliphatic rings. The van der Waals surface area contributed by atoms with Crippen LogP contribution >= 0.6 is 0 Å². The van der Waals surface area contributed by atoms with E-state index in [0.29, 0.717) is 6.54 Å². The van der Waals surface area contributed by atoms with Crippen molar-refractivity contribution in [2.24, 2.45) is 5.73 Å². The summed E-state index contributed by atoms with van der Waals surface area (Å²) in [5.41, 5.74) is 6.79. The van der Waals surface area contributed by atoms with Crippen LogP contribution in [0.4, 0.5) is 5.82 Å². The summed E-state index contributed by atoms with van der Waals surface area (Å²) in [5, 5.41) is 0. The summed E-state index contributed by atoms with van der Waals surface area (Å²) < 4.78 is 0. The molecule has 0 aliphatic carbocycles. The van der Waals surface area contributed by atoms with Gasteiger partial charge < -0.3 is 15.5 Å². The van der Waals surface area contributed by atoms with Gasteiger partial charge in [-0.2, -0.15) is 0 Å². The zero-order valence-corrected chi connectivity index (χ0v) is 11.2. The van der Waals surface area contributed by atoms with Crippen LogP contribution in [0.2, 0.25) is 0 Å². The van der Waals surface area contributed by atoms with Crippen molar-refractivity contribution in [2.75, 3.05) is 38.6 Å². The molecule has 0 spiro atoms. The van der Waals surface area contributed by atoms with Gasteiger partial charge in [0, 0.05) is 25.8 Å². The van der Waals surface area contributed by atoms with E-state index in [1.54, 1.807) is 0 Å². The van der Waals surface area contributed by atoms with Gasteiger partial charge in [-0.15, -0.1) is 0 Å². The molecule has 0 amide bonds. The van der Waals surface area contributed by atoms with Crippen LogP contribution in [-0.2, 0) is 6.54 Å². The van der Waals surface area contributed by atoms with Gasteiger partial charge in [0.25, 0.3) is 0 Å². The molecular formula is C13H24N4. The highest BCUT2D eigenvalue weighted by atomic mass is 15.2. The molecule has 96 valence electrons. The van der Waals surface area contributed by atoms with Crippen molar-refractivity contribution in [3.05, 3.63) is 23.9 Å². The van der Waals surface area contributed by atoms with Crippen molar-refractivity contribution in [1.29, 1.82) is 0 Å². The summed E-state index contributed by atoms with van der Waals surface area (Å²) in [6, 6.07) is 4.05. The molecule has 0 unspecified atom stereocenters. The van der Waals surface area contributed by atoms with Crippen LogP contribution in [0.3, 0.4) is 0 Å². The summed E-state index contributed by atoms with van der Waals surface area (Å²) in [4.78, 5) is 8.91. The Morgan fingerprint density at radius 1 is 1.29 bits per heavy atom. The van der Waals surface area contributed by atoms with Crippen LogP contribution in [0, 0.1) is 0 Å². The maximum absolute atomic E-state index is 5.65. The molecule has 0 saturated heterocycles. The summed E-state index contributed by atoms with van der Waals surface area (Å²) in [6.07, 6.45) is 2.99. The lowest BCUT2D eigenvalue weighted by Gasteiger charge is -2.23. The average Bonchev–Trinajstić information content (AvgIpc) is 2.34. The minimum atomic E-state index is 0.574. The molecule has 0 fully saturated rings. The van der Waals surface area contributed by atoms with Crippen molar-refractivity contribution in [2.45, 2.75) is 19.9 Å². The quantitative estimate of drug-likeness (QED) is 0.775. The lowest BCUT2D eigenvalue weighted by Crippen LogP contribution is -2.27. The lowest BCUT2D eigenvalue weighted by atomic mass is 10.2. The SMILES string of the molecule is CCN(CCCN(C)C)c1cc(CN)ccn1. The molecule has 2 N–H and O–H groups in total. The van der Waals surface area contributed by atoms with E-state index in [9.17, 15) is 0 Å². The van der Waals surface area contributed by atoms with Gasteiger partial charge in [0.2, 0.25) is 0 Å². The maximum atomic E-state index is 5.65. The van der Waals surface area contributed by atoms with Gasteiger partial charge in [0.1, 0.15) is 5.82 Å². The molecule has 4 nitrogen and oxygen atoms in total. The van der Waals surface area contributed by atoms with E-state index in [0.717, 1.165) is 37.4 Å². The summed E-state index contributed by atoms with van der Waals surface area (Å²) in [7, 11) is 4.20. The topological polar surface area (TPSA) is 45.4 Å². The minimum Gasteiger partial charge on any atom is -0.357 e. The zero-order valence-electron chi connectivity index (χ0n) is 11.2. The maximum Gasteiger partial charge on any atom is 0.128 e. The Hall–Kier alpha value is -1.13. The van der Waals surface area contributed by atoms with Crippen LogP contribution < -0.4 is 10.6 Å². The van der Waals surface area contributed by atoms with E-state index in [2.05, 4.69) is 41.9 Å². The van der Waals surface area contributed by atoms with Crippen LogP contribution in [0.15, 0.2) is 18.3 Å². The molecule has 0 radical (unpaired) electrons. The van der Waals surface area contributed by atoms with Crippen molar-refractivity contribution < 1.29 is 0 Å². The number of nitrogens with two attached hydrogens (primary N) is 1. The predicted octanol–water partition coefficient (Wildman–Crippen LogP) is 1.32. The summed E-state index contributed by atoms with van der Waals surface area (Å²) in [5.74, 6) is 1.04. The lowest BCUT2D eigenvalue weighted by molar-refractivity contribution is 0.400. The zero-order chi connectivity index (χ0) is 12.7. The monoisotopic (exact) mass is 236 g/mol. The molecule has 0 bridgehead atoms. The Morgan fingerprint density at radius 3 is 2.65 bits per heavy atom. The third-order valence-electron chi connectivity index (χ3n) is 2.78. The largest absolute Gasteiger partial charge is 0.357 e. The molecule has 0 saturated carbocycles. The standard InChI is InChI=1S/C13H24N4/c1-4-17(9-5-8-16(2)3)13-10-12(11-14)6-7-15-13/h6-7,10H,4-5,8-9,11,14H2,1-3H3. The van der Waals surface area contributed by atoms with E-state index in [4.69, 9.17) is 5.73 Å². The normalized spacial score (nSPS) is 10.9. The van der Waals surface area contributed by atoms with Gasteiger partial charge in [-0.3, -0.25) is 0 Å². The number of aromatic nitrogens is 1. The smallest absolute Gasteiger partial charge is 0.128 e. The van der Waals surface area contributed by atoms with E-state index >= 15 is 0 Å². The molecule has 1 rings (SSSR count). The number of anilines is 1. The number of pyridine rings is 1. The van der Waals surface area contributed by atoms with Crippen LogP contribution in [-0.4, -0.2) is 43.6 Å². The first-order chi connectivity index (χ1) is 8.17. The highest BCUT2D eigenvalue weighted by Crippen LogP contribution is 2.12. The molecule has 0 atom stereocenters. The molecule has 1 aromatic heterocycles. The summed E-state index contributed by atoms with van der Waals surface area (Å²) in [6.45, 7) is 5.86. The first-order valence-electron chi connectivity index (χ1n) is 6.22. The molecule has 17 heavy (non-hydrogen) atoms. The Morgan fingerprint density at radius 2 is 2.06 bits per heavy atom. The minimum absolute atomic E-state index is 0.574. The van der Waals surface area contributed by atoms with Gasteiger partial charge >= 0.3 is 0 Å². The number of rotatable bonds is 7.